The van der Waals surface area contributed by atoms with Gasteiger partial charge >= 0.3 is 0 Å². The summed E-state index contributed by atoms with van der Waals surface area (Å²) >= 11 is 0. The van der Waals surface area contributed by atoms with Gasteiger partial charge in [0.05, 0.1) is 0 Å². The monoisotopic (exact) mass is 318 g/mol. The molecule has 1 saturated heterocycles. The van der Waals surface area contributed by atoms with Crippen molar-refractivity contribution in [1.82, 2.24) is 0 Å². The lowest BCUT2D eigenvalue weighted by Gasteiger charge is -2.40. The average molecular weight is 318 g/mol. The third-order valence-electron chi connectivity index (χ3n) is 4.38. The van der Waals surface area contributed by atoms with Crippen LogP contribution in [0.5, 0.6) is 11.5 Å². The van der Waals surface area contributed by atoms with Gasteiger partial charge in [0.1, 0.15) is 29.1 Å². The van der Waals surface area contributed by atoms with E-state index in [2.05, 4.69) is 0 Å². The van der Waals surface area contributed by atoms with Gasteiger partial charge in [-0.1, -0.05) is 6.07 Å². The highest BCUT2D eigenvalue weighted by molar-refractivity contribution is 5.87. The smallest absolute Gasteiger partial charge is 0.157 e. The number of allylic oxidation sites excluding steroid dienone is 1. The van der Waals surface area contributed by atoms with Crippen LogP contribution in [-0.2, 0) is 9.53 Å². The Morgan fingerprint density at radius 3 is 2.57 bits per heavy atom. The van der Waals surface area contributed by atoms with Gasteiger partial charge in [-0.15, -0.1) is 0 Å². The second kappa shape index (κ2) is 5.03. The van der Waals surface area contributed by atoms with Crippen molar-refractivity contribution in [2.45, 2.75) is 32.0 Å². The Bertz CT molecular complexity index is 743. The van der Waals surface area contributed by atoms with Crippen LogP contribution in [0.2, 0.25) is 0 Å². The minimum absolute atomic E-state index is 0.0242. The van der Waals surface area contributed by atoms with E-state index in [0.29, 0.717) is 11.1 Å². The standard InChI is InChI=1S/C17H18O6/c1-8-13(21)7-17(2,22)15-12(20)6-14(23-16(8)15)9-3-4-10(18)11(19)5-9/h3-5,7,14-15,18-19,21-22H,6H2,1-2H3. The number of ketones is 1. The van der Waals surface area contributed by atoms with Crippen molar-refractivity contribution in [3.63, 3.8) is 0 Å². The Morgan fingerprint density at radius 2 is 1.91 bits per heavy atom. The van der Waals surface area contributed by atoms with Crippen molar-refractivity contribution in [3.8, 4) is 11.5 Å². The minimum Gasteiger partial charge on any atom is -0.508 e. The Balaban J connectivity index is 2.01. The predicted octanol–water partition coefficient (Wildman–Crippen LogP) is 2.22. The number of fused-ring (bicyclic) bond motifs is 1. The molecule has 1 aromatic rings. The number of hydrogen-bond acceptors (Lipinski definition) is 6. The lowest BCUT2D eigenvalue weighted by Crippen LogP contribution is -2.46. The molecule has 0 bridgehead atoms. The molecule has 3 atom stereocenters. The lowest BCUT2D eigenvalue weighted by molar-refractivity contribution is -0.138. The molecule has 0 radical (unpaired) electrons. The molecule has 0 amide bonds. The molecule has 1 aliphatic carbocycles. The van der Waals surface area contributed by atoms with Gasteiger partial charge in [-0.05, 0) is 37.6 Å². The number of hydrogen-bond donors (Lipinski definition) is 4. The first-order chi connectivity index (χ1) is 10.7. The molecule has 23 heavy (non-hydrogen) atoms. The van der Waals surface area contributed by atoms with E-state index in [4.69, 9.17) is 4.74 Å². The van der Waals surface area contributed by atoms with Crippen molar-refractivity contribution < 1.29 is 30.0 Å². The number of benzene rings is 1. The lowest BCUT2D eigenvalue weighted by atomic mass is 9.75. The molecule has 1 aromatic carbocycles. The molecule has 1 heterocycles. The molecule has 3 unspecified atom stereocenters. The molecular weight excluding hydrogens is 300 g/mol. The summed E-state index contributed by atoms with van der Waals surface area (Å²) < 4.78 is 5.87. The van der Waals surface area contributed by atoms with Crippen LogP contribution in [0.25, 0.3) is 0 Å². The second-order valence-corrected chi connectivity index (χ2v) is 6.20. The zero-order valence-electron chi connectivity index (χ0n) is 12.8. The van der Waals surface area contributed by atoms with E-state index >= 15 is 0 Å². The number of phenolic OH excluding ortho intramolecular Hbond substituents is 2. The molecule has 0 aromatic heterocycles. The summed E-state index contributed by atoms with van der Waals surface area (Å²) in [6.45, 7) is 3.07. The highest BCUT2D eigenvalue weighted by atomic mass is 16.5. The van der Waals surface area contributed by atoms with Crippen LogP contribution in [0.4, 0.5) is 0 Å². The van der Waals surface area contributed by atoms with Gasteiger partial charge in [-0.3, -0.25) is 4.79 Å². The molecule has 1 fully saturated rings. The number of aliphatic hydroxyl groups is 2. The number of aromatic hydroxyl groups is 2. The number of Topliss-reactive ketones (excluding diaryl/α,β-unsaturated/α-hetero) is 1. The van der Waals surface area contributed by atoms with Crippen LogP contribution < -0.4 is 0 Å². The average Bonchev–Trinajstić information content (AvgIpc) is 2.46. The molecule has 0 spiro atoms. The molecule has 2 aliphatic rings. The van der Waals surface area contributed by atoms with Gasteiger partial charge in [-0.25, -0.2) is 0 Å². The van der Waals surface area contributed by atoms with Crippen LogP contribution in [0.1, 0.15) is 31.9 Å². The van der Waals surface area contributed by atoms with E-state index < -0.39 is 17.6 Å². The van der Waals surface area contributed by atoms with Crippen molar-refractivity contribution >= 4 is 5.78 Å². The number of phenols is 2. The Kier molecular flexibility index (Phi) is 3.37. The van der Waals surface area contributed by atoms with E-state index in [1.54, 1.807) is 13.0 Å². The van der Waals surface area contributed by atoms with Crippen LogP contribution in [0.3, 0.4) is 0 Å². The van der Waals surface area contributed by atoms with Crippen LogP contribution in [-0.4, -0.2) is 31.8 Å². The summed E-state index contributed by atoms with van der Waals surface area (Å²) in [6.07, 6.45) is 0.623. The molecule has 3 rings (SSSR count). The molecular formula is C17H18O6. The second-order valence-electron chi connectivity index (χ2n) is 6.20. The van der Waals surface area contributed by atoms with Gasteiger partial charge in [0.15, 0.2) is 17.3 Å². The fraction of sp³-hybridized carbons (Fsp3) is 0.353. The molecule has 122 valence electrons. The van der Waals surface area contributed by atoms with E-state index in [0.717, 1.165) is 0 Å². The number of carbonyl (C=O) groups is 1. The van der Waals surface area contributed by atoms with Crippen molar-refractivity contribution in [2.24, 2.45) is 5.92 Å². The first-order valence-corrected chi connectivity index (χ1v) is 7.27. The highest BCUT2D eigenvalue weighted by Gasteiger charge is 2.48. The van der Waals surface area contributed by atoms with E-state index in [-0.39, 0.29) is 35.2 Å². The molecule has 6 heteroatoms. The first-order valence-electron chi connectivity index (χ1n) is 7.27. The summed E-state index contributed by atoms with van der Waals surface area (Å²) in [5.41, 5.74) is -0.582. The summed E-state index contributed by atoms with van der Waals surface area (Å²) in [7, 11) is 0. The number of ether oxygens (including phenoxy) is 1. The Labute approximate surface area is 133 Å². The SMILES string of the molecule is CC1=C2OC(c3ccc(O)c(O)c3)CC(=O)C2C(C)(O)C=C1O. The van der Waals surface area contributed by atoms with E-state index in [9.17, 15) is 25.2 Å². The fourth-order valence-corrected chi connectivity index (χ4v) is 3.13. The normalized spacial score (nSPS) is 30.6. The van der Waals surface area contributed by atoms with Crippen LogP contribution in [0.15, 0.2) is 41.4 Å². The van der Waals surface area contributed by atoms with Crippen molar-refractivity contribution in [1.29, 1.82) is 0 Å². The maximum absolute atomic E-state index is 12.5. The summed E-state index contributed by atoms with van der Waals surface area (Å²) in [4.78, 5) is 12.5. The largest absolute Gasteiger partial charge is 0.508 e. The molecule has 0 saturated carbocycles. The Hall–Kier alpha value is -2.47. The van der Waals surface area contributed by atoms with E-state index in [1.165, 1.54) is 25.1 Å². The maximum Gasteiger partial charge on any atom is 0.157 e. The van der Waals surface area contributed by atoms with Gasteiger partial charge < -0.3 is 25.2 Å². The van der Waals surface area contributed by atoms with Gasteiger partial charge in [0.25, 0.3) is 0 Å². The fourth-order valence-electron chi connectivity index (χ4n) is 3.13. The van der Waals surface area contributed by atoms with Gasteiger partial charge in [0.2, 0.25) is 0 Å². The number of rotatable bonds is 1. The highest BCUT2D eigenvalue weighted by Crippen LogP contribution is 2.45. The van der Waals surface area contributed by atoms with Gasteiger partial charge in [0, 0.05) is 12.0 Å². The van der Waals surface area contributed by atoms with Crippen molar-refractivity contribution in [3.05, 3.63) is 46.9 Å². The van der Waals surface area contributed by atoms with Crippen LogP contribution in [0, 0.1) is 5.92 Å². The summed E-state index contributed by atoms with van der Waals surface area (Å²) in [5, 5.41) is 39.4. The topological polar surface area (TPSA) is 107 Å². The predicted molar refractivity (Wildman–Crippen MR) is 80.7 cm³/mol. The maximum atomic E-state index is 12.5. The molecule has 1 aliphatic heterocycles. The van der Waals surface area contributed by atoms with Crippen LogP contribution >= 0.6 is 0 Å². The minimum atomic E-state index is -1.52. The Morgan fingerprint density at radius 1 is 1.22 bits per heavy atom. The quantitative estimate of drug-likeness (QED) is 0.592. The number of aliphatic hydroxyl groups excluding tert-OH is 1. The van der Waals surface area contributed by atoms with Gasteiger partial charge in [-0.2, -0.15) is 0 Å². The first kappa shape index (κ1) is 15.4. The zero-order valence-corrected chi connectivity index (χ0v) is 12.8. The third kappa shape index (κ3) is 2.45. The van der Waals surface area contributed by atoms with Crippen molar-refractivity contribution in [2.75, 3.05) is 0 Å². The summed E-state index contributed by atoms with van der Waals surface area (Å²) in [6, 6.07) is 4.21. The third-order valence-corrected chi connectivity index (χ3v) is 4.38. The molecule has 4 N–H and O–H groups in total. The molecule has 6 nitrogen and oxygen atoms in total. The zero-order chi connectivity index (χ0) is 16.9. The summed E-state index contributed by atoms with van der Waals surface area (Å²) in [5.74, 6) is -1.51. The van der Waals surface area contributed by atoms with E-state index in [1.807, 2.05) is 0 Å². The number of carbonyl (C=O) groups excluding carboxylic acids is 1.